The first-order valence-corrected chi connectivity index (χ1v) is 8.25. The zero-order chi connectivity index (χ0) is 15.5. The van der Waals surface area contributed by atoms with Crippen LogP contribution in [-0.2, 0) is 16.6 Å². The van der Waals surface area contributed by atoms with Gasteiger partial charge in [0.25, 0.3) is 10.0 Å². The molecule has 5 nitrogen and oxygen atoms in total. The van der Waals surface area contributed by atoms with Gasteiger partial charge in [-0.3, -0.25) is 8.99 Å². The van der Waals surface area contributed by atoms with Gasteiger partial charge in [-0.15, -0.1) is 11.6 Å². The number of nitrogens with zero attached hydrogens (tertiary/aromatic N) is 3. The highest BCUT2D eigenvalue weighted by Crippen LogP contribution is 2.21. The Hall–Kier alpha value is -1.60. The highest BCUT2D eigenvalue weighted by atomic mass is 35.5. The summed E-state index contributed by atoms with van der Waals surface area (Å²) in [5.74, 6) is 0.0654. The van der Waals surface area contributed by atoms with E-state index in [0.29, 0.717) is 24.5 Å². The maximum absolute atomic E-state index is 12.9. The number of benzene rings is 1. The van der Waals surface area contributed by atoms with Gasteiger partial charge in [0.05, 0.1) is 11.9 Å². The Morgan fingerprint density at radius 1 is 1.33 bits per heavy atom. The number of hydrogen-bond donors (Lipinski definition) is 0. The molecule has 0 unspecified atom stereocenters. The van der Waals surface area contributed by atoms with Crippen molar-refractivity contribution in [1.82, 2.24) is 9.78 Å². The van der Waals surface area contributed by atoms with Crippen LogP contribution in [0.3, 0.4) is 0 Å². The summed E-state index contributed by atoms with van der Waals surface area (Å²) in [7, 11) is -2.30. The minimum atomic E-state index is -3.71. The second-order valence-corrected chi connectivity index (χ2v) is 6.78. The van der Waals surface area contributed by atoms with Crippen molar-refractivity contribution in [1.29, 1.82) is 0 Å². The molecule has 0 aliphatic heterocycles. The van der Waals surface area contributed by atoms with Crippen molar-refractivity contribution in [3.8, 4) is 0 Å². The lowest BCUT2D eigenvalue weighted by atomic mass is 10.3. The molecule has 0 bridgehead atoms. The zero-order valence-corrected chi connectivity index (χ0v) is 13.0. The Morgan fingerprint density at radius 3 is 2.62 bits per heavy atom. The fraction of sp³-hybridized carbons (Fsp3) is 0.308. The molecule has 2 aromatic rings. The van der Waals surface area contributed by atoms with Crippen molar-refractivity contribution in [2.45, 2.75) is 17.9 Å². The Bertz CT molecular complexity index is 700. The molecule has 0 radical (unpaired) electrons. The van der Waals surface area contributed by atoms with Crippen molar-refractivity contribution in [3.05, 3.63) is 42.5 Å². The van der Waals surface area contributed by atoms with Gasteiger partial charge in [0.15, 0.2) is 0 Å². The summed E-state index contributed by atoms with van der Waals surface area (Å²) >= 11 is 5.59. The van der Waals surface area contributed by atoms with E-state index in [1.54, 1.807) is 0 Å². The van der Waals surface area contributed by atoms with Crippen LogP contribution < -0.4 is 4.31 Å². The second-order valence-electron chi connectivity index (χ2n) is 4.43. The standard InChI is InChI=1S/C13H15ClFN3O2S/c1-17(12-5-3-11(15)4-6-12)21(19,20)13-9-16-18(10-13)8-2-7-14/h3-6,9-10H,2,7-8H2,1H3. The van der Waals surface area contributed by atoms with Crippen LogP contribution in [0.1, 0.15) is 6.42 Å². The first kappa shape index (κ1) is 15.8. The molecule has 0 N–H and O–H groups in total. The van der Waals surface area contributed by atoms with Crippen molar-refractivity contribution < 1.29 is 12.8 Å². The molecule has 0 saturated carbocycles. The summed E-state index contributed by atoms with van der Waals surface area (Å²) in [4.78, 5) is 0.0869. The third-order valence-corrected chi connectivity index (χ3v) is 4.98. The lowest BCUT2D eigenvalue weighted by Crippen LogP contribution is -2.26. The highest BCUT2D eigenvalue weighted by molar-refractivity contribution is 7.92. The number of anilines is 1. The molecule has 1 aromatic heterocycles. The molecule has 0 fully saturated rings. The Morgan fingerprint density at radius 2 is 2.00 bits per heavy atom. The molecule has 8 heteroatoms. The molecule has 0 aliphatic carbocycles. The zero-order valence-electron chi connectivity index (χ0n) is 11.4. The fourth-order valence-electron chi connectivity index (χ4n) is 1.77. The SMILES string of the molecule is CN(c1ccc(F)cc1)S(=O)(=O)c1cnn(CCCCl)c1. The van der Waals surface area contributed by atoms with Crippen molar-refractivity contribution >= 4 is 27.3 Å². The summed E-state index contributed by atoms with van der Waals surface area (Å²) in [5, 5.41) is 4.00. The molecular formula is C13H15ClFN3O2S. The predicted molar refractivity (Wildman–Crippen MR) is 79.6 cm³/mol. The van der Waals surface area contributed by atoms with Crippen molar-refractivity contribution in [2.75, 3.05) is 17.2 Å². The summed E-state index contributed by atoms with van der Waals surface area (Å²) in [6, 6.07) is 5.24. The van der Waals surface area contributed by atoms with E-state index < -0.39 is 15.8 Å². The molecule has 0 aliphatic rings. The third kappa shape index (κ3) is 3.54. The van der Waals surface area contributed by atoms with E-state index in [0.717, 1.165) is 4.31 Å². The molecule has 1 heterocycles. The topological polar surface area (TPSA) is 55.2 Å². The van der Waals surface area contributed by atoms with E-state index in [-0.39, 0.29) is 4.90 Å². The van der Waals surface area contributed by atoms with Crippen molar-refractivity contribution in [3.63, 3.8) is 0 Å². The van der Waals surface area contributed by atoms with Crippen LogP contribution in [0, 0.1) is 5.82 Å². The third-order valence-electron chi connectivity index (χ3n) is 2.98. The van der Waals surface area contributed by atoms with Gasteiger partial charge in [0, 0.05) is 25.7 Å². The normalized spacial score (nSPS) is 11.6. The number of rotatable bonds is 6. The van der Waals surface area contributed by atoms with Crippen LogP contribution in [0.15, 0.2) is 41.6 Å². The van der Waals surface area contributed by atoms with Gasteiger partial charge in [-0.05, 0) is 30.7 Å². The van der Waals surface area contributed by atoms with E-state index in [2.05, 4.69) is 5.10 Å². The van der Waals surface area contributed by atoms with Crippen LogP contribution in [0.2, 0.25) is 0 Å². The van der Waals surface area contributed by atoms with Crippen LogP contribution >= 0.6 is 11.6 Å². The van der Waals surface area contributed by atoms with Crippen LogP contribution in [0.4, 0.5) is 10.1 Å². The lowest BCUT2D eigenvalue weighted by molar-refractivity contribution is 0.590. The monoisotopic (exact) mass is 331 g/mol. The second kappa shape index (κ2) is 6.44. The van der Waals surface area contributed by atoms with Crippen molar-refractivity contribution in [2.24, 2.45) is 0 Å². The Balaban J connectivity index is 2.24. The number of aromatic nitrogens is 2. The maximum atomic E-state index is 12.9. The predicted octanol–water partition coefficient (Wildman–Crippen LogP) is 2.48. The van der Waals surface area contributed by atoms with Gasteiger partial charge >= 0.3 is 0 Å². The molecule has 0 atom stereocenters. The summed E-state index contributed by atoms with van der Waals surface area (Å²) < 4.78 is 40.4. The Labute approximate surface area is 128 Å². The van der Waals surface area contributed by atoms with Gasteiger partial charge in [-0.2, -0.15) is 5.10 Å². The summed E-state index contributed by atoms with van der Waals surface area (Å²) in [5.41, 5.74) is 0.380. The summed E-state index contributed by atoms with van der Waals surface area (Å²) in [6.07, 6.45) is 3.46. The smallest absolute Gasteiger partial charge is 0.267 e. The molecule has 0 amide bonds. The van der Waals surface area contributed by atoms with Crippen LogP contribution in [-0.4, -0.2) is 31.1 Å². The average molecular weight is 332 g/mol. The van der Waals surface area contributed by atoms with E-state index in [4.69, 9.17) is 11.6 Å². The van der Waals surface area contributed by atoms with Gasteiger partial charge in [0.1, 0.15) is 10.7 Å². The van der Waals surface area contributed by atoms with Gasteiger partial charge in [-0.1, -0.05) is 0 Å². The maximum Gasteiger partial charge on any atom is 0.267 e. The van der Waals surface area contributed by atoms with E-state index >= 15 is 0 Å². The molecule has 2 rings (SSSR count). The highest BCUT2D eigenvalue weighted by Gasteiger charge is 2.23. The van der Waals surface area contributed by atoms with E-state index in [9.17, 15) is 12.8 Å². The molecular weight excluding hydrogens is 317 g/mol. The first-order valence-electron chi connectivity index (χ1n) is 6.28. The molecule has 0 saturated heterocycles. The van der Waals surface area contributed by atoms with Gasteiger partial charge in [-0.25, -0.2) is 12.8 Å². The number of alkyl halides is 1. The van der Waals surface area contributed by atoms with E-state index in [1.165, 1.54) is 48.4 Å². The minimum absolute atomic E-state index is 0.0869. The number of sulfonamides is 1. The number of halogens is 2. The fourth-order valence-corrected chi connectivity index (χ4v) is 3.04. The Kier molecular flexibility index (Phi) is 4.84. The summed E-state index contributed by atoms with van der Waals surface area (Å²) in [6.45, 7) is 0.555. The van der Waals surface area contributed by atoms with Crippen LogP contribution in [0.5, 0.6) is 0 Å². The first-order chi connectivity index (χ1) is 9.95. The average Bonchev–Trinajstić information content (AvgIpc) is 2.94. The van der Waals surface area contributed by atoms with Gasteiger partial charge in [0.2, 0.25) is 0 Å². The molecule has 0 spiro atoms. The number of aryl methyl sites for hydroxylation is 1. The minimum Gasteiger partial charge on any atom is -0.271 e. The number of hydrogen-bond acceptors (Lipinski definition) is 3. The molecule has 21 heavy (non-hydrogen) atoms. The lowest BCUT2D eigenvalue weighted by Gasteiger charge is -2.18. The van der Waals surface area contributed by atoms with Crippen LogP contribution in [0.25, 0.3) is 0 Å². The largest absolute Gasteiger partial charge is 0.271 e. The molecule has 114 valence electrons. The quantitative estimate of drug-likeness (QED) is 0.764. The molecule has 1 aromatic carbocycles. The van der Waals surface area contributed by atoms with Gasteiger partial charge < -0.3 is 0 Å². The van der Waals surface area contributed by atoms with E-state index in [1.807, 2.05) is 0 Å².